The fourth-order valence-electron chi connectivity index (χ4n) is 7.61. The molecule has 2 aromatic heterocycles. The van der Waals surface area contributed by atoms with Gasteiger partial charge in [-0.3, -0.25) is 4.79 Å². The zero-order chi connectivity index (χ0) is 33.7. The van der Waals surface area contributed by atoms with Crippen molar-refractivity contribution >= 4 is 23.0 Å². The van der Waals surface area contributed by atoms with Crippen LogP contribution in [-0.4, -0.2) is 50.7 Å². The largest absolute Gasteiger partial charge is 0.443 e. The molecule has 4 aromatic rings. The van der Waals surface area contributed by atoms with E-state index in [0.29, 0.717) is 30.9 Å². The van der Waals surface area contributed by atoms with E-state index in [1.807, 2.05) is 52.8 Å². The molecule has 1 atom stereocenters. The second kappa shape index (κ2) is 12.6. The Balaban J connectivity index is 1.51. The van der Waals surface area contributed by atoms with E-state index in [9.17, 15) is 9.59 Å². The van der Waals surface area contributed by atoms with Crippen LogP contribution >= 0.6 is 0 Å². The third kappa shape index (κ3) is 6.47. The van der Waals surface area contributed by atoms with Gasteiger partial charge in [-0.15, -0.1) is 0 Å². The normalized spacial score (nSPS) is 18.6. The van der Waals surface area contributed by atoms with Crippen molar-refractivity contribution in [1.82, 2.24) is 14.5 Å². The van der Waals surface area contributed by atoms with Crippen LogP contribution in [0.15, 0.2) is 60.8 Å². The average Bonchev–Trinajstić information content (AvgIpc) is 3.70. The first kappa shape index (κ1) is 33.0. The van der Waals surface area contributed by atoms with E-state index in [2.05, 4.69) is 62.1 Å². The van der Waals surface area contributed by atoms with Crippen molar-refractivity contribution in [3.8, 4) is 11.3 Å². The number of pyridine rings is 1. The summed E-state index contributed by atoms with van der Waals surface area (Å²) in [4.78, 5) is 35.4. The van der Waals surface area contributed by atoms with E-state index >= 15 is 0 Å². The number of amides is 1. The molecule has 0 radical (unpaired) electrons. The van der Waals surface area contributed by atoms with Gasteiger partial charge in [-0.1, -0.05) is 54.4 Å². The highest BCUT2D eigenvalue weighted by molar-refractivity contribution is 5.99. The summed E-state index contributed by atoms with van der Waals surface area (Å²) in [6.07, 6.45) is 5.66. The van der Waals surface area contributed by atoms with Gasteiger partial charge in [-0.25, -0.2) is 14.3 Å². The van der Waals surface area contributed by atoms with Crippen molar-refractivity contribution in [1.29, 1.82) is 0 Å². The molecule has 248 valence electrons. The Morgan fingerprint density at radius 3 is 2.13 bits per heavy atom. The van der Waals surface area contributed by atoms with Crippen molar-refractivity contribution in [2.75, 3.05) is 6.61 Å². The monoisotopic (exact) mass is 635 g/mol. The number of aromatic nitrogens is 2. The predicted octanol–water partition coefficient (Wildman–Crippen LogP) is 8.85. The minimum absolute atomic E-state index is 0.106. The number of ether oxygens (including phenoxy) is 2. The van der Waals surface area contributed by atoms with Crippen molar-refractivity contribution < 1.29 is 19.1 Å². The molecule has 7 nitrogen and oxygen atoms in total. The summed E-state index contributed by atoms with van der Waals surface area (Å²) >= 11 is 0. The summed E-state index contributed by atoms with van der Waals surface area (Å²) in [5.74, 6) is 0.0524. The number of hydrogen-bond donors (Lipinski definition) is 0. The molecule has 0 saturated carbocycles. The Labute approximate surface area is 279 Å². The topological polar surface area (TPSA) is 73.7 Å². The molecular formula is C40H49N3O4. The maximum atomic E-state index is 14.2. The van der Waals surface area contributed by atoms with Crippen LogP contribution < -0.4 is 0 Å². The molecule has 2 bridgehead atoms. The Morgan fingerprint density at radius 1 is 0.915 bits per heavy atom. The van der Waals surface area contributed by atoms with Crippen LogP contribution in [0.5, 0.6) is 0 Å². The lowest BCUT2D eigenvalue weighted by Crippen LogP contribution is -2.46. The Hall–Kier alpha value is -3.97. The number of hydrogen-bond acceptors (Lipinski definition) is 5. The summed E-state index contributed by atoms with van der Waals surface area (Å²) in [5, 5.41) is 0.837. The molecular weight excluding hydrogens is 586 g/mol. The Morgan fingerprint density at radius 2 is 1.53 bits per heavy atom. The van der Waals surface area contributed by atoms with Gasteiger partial charge in [0.2, 0.25) is 5.91 Å². The summed E-state index contributed by atoms with van der Waals surface area (Å²) in [7, 11) is 0. The predicted molar refractivity (Wildman–Crippen MR) is 187 cm³/mol. The Kier molecular flexibility index (Phi) is 8.81. The first-order valence-corrected chi connectivity index (χ1v) is 17.1. The molecule has 2 aliphatic heterocycles. The maximum absolute atomic E-state index is 14.2. The molecule has 2 aliphatic rings. The van der Waals surface area contributed by atoms with Gasteiger partial charge in [0.15, 0.2) is 0 Å². The number of aryl methyl sites for hydroxylation is 2. The summed E-state index contributed by atoms with van der Waals surface area (Å²) in [6.45, 7) is 16.8. The molecule has 0 spiro atoms. The highest BCUT2D eigenvalue weighted by Gasteiger charge is 2.47. The first-order chi connectivity index (χ1) is 22.2. The van der Waals surface area contributed by atoms with Crippen LogP contribution in [0.3, 0.4) is 0 Å². The van der Waals surface area contributed by atoms with E-state index in [1.165, 1.54) is 0 Å². The molecule has 0 unspecified atom stereocenters. The highest BCUT2D eigenvalue weighted by atomic mass is 16.6. The molecule has 0 N–H and O–H groups in total. The van der Waals surface area contributed by atoms with Crippen molar-refractivity contribution in [3.63, 3.8) is 0 Å². The molecule has 7 heteroatoms. The lowest BCUT2D eigenvalue weighted by molar-refractivity contribution is -0.137. The molecule has 6 rings (SSSR count). The van der Waals surface area contributed by atoms with Gasteiger partial charge in [0.1, 0.15) is 11.2 Å². The van der Waals surface area contributed by atoms with Crippen LogP contribution in [-0.2, 0) is 26.3 Å². The molecule has 2 aromatic carbocycles. The molecule has 1 amide bonds. The standard InChI is InChI=1S/C40H49N3O4/c1-25-18-26(2)20-29(19-25)35-34(27(3)23-46-24-28-12-10-9-11-13-28)33-21-30(22-41-36(33)43(35)38(45)47-39(4,5)6)40(7,8)37(44)42-31-14-15-32(42)17-16-31/h9-13,18-22,27,31-32H,14-17,23-24H2,1-8H3/t27-,31?,32?/m1/s1. The van der Waals surface area contributed by atoms with Gasteiger partial charge < -0.3 is 14.4 Å². The van der Waals surface area contributed by atoms with Gasteiger partial charge in [0.25, 0.3) is 0 Å². The Bertz CT molecular complexity index is 1760. The second-order valence-electron chi connectivity index (χ2n) is 15.3. The third-order valence-corrected chi connectivity index (χ3v) is 9.83. The smallest absolute Gasteiger partial charge is 0.420 e. The lowest BCUT2D eigenvalue weighted by Gasteiger charge is -2.32. The number of rotatable bonds is 8. The number of fused-ring (bicyclic) bond motifs is 3. The van der Waals surface area contributed by atoms with Crippen molar-refractivity contribution in [2.24, 2.45) is 0 Å². The summed E-state index contributed by atoms with van der Waals surface area (Å²) < 4.78 is 13.9. The SMILES string of the molecule is Cc1cc(C)cc(-c2c([C@H](C)COCc3ccccc3)c3cc(C(C)(C)C(=O)N4C5CCC4CC5)cnc3n2C(=O)OC(C)(C)C)c1. The molecule has 0 aliphatic carbocycles. The first-order valence-electron chi connectivity index (χ1n) is 17.1. The molecule has 2 saturated heterocycles. The number of carbonyl (C=O) groups excluding carboxylic acids is 2. The fourth-order valence-corrected chi connectivity index (χ4v) is 7.61. The quantitative estimate of drug-likeness (QED) is 0.193. The lowest BCUT2D eigenvalue weighted by atomic mass is 9.83. The molecule has 4 heterocycles. The highest BCUT2D eigenvalue weighted by Crippen LogP contribution is 2.43. The molecule has 2 fully saturated rings. The van der Waals surface area contributed by atoms with Crippen molar-refractivity contribution in [2.45, 2.75) is 117 Å². The minimum Gasteiger partial charge on any atom is -0.443 e. The van der Waals surface area contributed by atoms with Crippen LogP contribution in [0.25, 0.3) is 22.3 Å². The van der Waals surface area contributed by atoms with E-state index in [-0.39, 0.29) is 11.8 Å². The van der Waals surface area contributed by atoms with Crippen LogP contribution in [0.4, 0.5) is 4.79 Å². The van der Waals surface area contributed by atoms with Gasteiger partial charge in [-0.2, -0.15) is 0 Å². The summed E-state index contributed by atoms with van der Waals surface area (Å²) in [6, 6.07) is 19.3. The van der Waals surface area contributed by atoms with E-state index < -0.39 is 17.1 Å². The van der Waals surface area contributed by atoms with Crippen molar-refractivity contribution in [3.05, 3.63) is 88.6 Å². The maximum Gasteiger partial charge on any atom is 0.420 e. The third-order valence-electron chi connectivity index (χ3n) is 9.83. The number of carbonyl (C=O) groups is 2. The van der Waals surface area contributed by atoms with Crippen LogP contribution in [0.2, 0.25) is 0 Å². The van der Waals surface area contributed by atoms with E-state index in [4.69, 9.17) is 14.5 Å². The number of nitrogens with zero attached hydrogens (tertiary/aromatic N) is 3. The van der Waals surface area contributed by atoms with Gasteiger partial charge in [-0.05, 0) is 115 Å². The van der Waals surface area contributed by atoms with Crippen LogP contribution in [0.1, 0.15) is 101 Å². The van der Waals surface area contributed by atoms with E-state index in [0.717, 1.165) is 70.1 Å². The average molecular weight is 636 g/mol. The minimum atomic E-state index is -0.787. The van der Waals surface area contributed by atoms with E-state index in [1.54, 1.807) is 10.8 Å². The second-order valence-corrected chi connectivity index (χ2v) is 15.3. The number of benzene rings is 2. The zero-order valence-electron chi connectivity index (χ0n) is 29.2. The summed E-state index contributed by atoms with van der Waals surface area (Å²) in [5.41, 5.74) is 5.80. The van der Waals surface area contributed by atoms with Gasteiger partial charge in [0.05, 0.1) is 24.3 Å². The van der Waals surface area contributed by atoms with Gasteiger partial charge >= 0.3 is 6.09 Å². The molecule has 47 heavy (non-hydrogen) atoms. The van der Waals surface area contributed by atoms with Crippen LogP contribution in [0, 0.1) is 13.8 Å². The van der Waals surface area contributed by atoms with Gasteiger partial charge in [0, 0.05) is 29.6 Å². The zero-order valence-corrected chi connectivity index (χ0v) is 29.2. The fraction of sp³-hybridized carbons (Fsp3) is 0.475.